The average Bonchev–Trinajstić information content (AvgIpc) is 2.99. The van der Waals surface area contributed by atoms with Crippen molar-refractivity contribution in [2.75, 3.05) is 18.4 Å². The van der Waals surface area contributed by atoms with Gasteiger partial charge in [-0.1, -0.05) is 57.5 Å². The second-order valence-electron chi connectivity index (χ2n) is 6.56. The SMILES string of the molecule is CCCCCCCCC(=O)N(CCCC)CC(=O)Nc1cc(C)on1. The highest BCUT2D eigenvalue weighted by Crippen LogP contribution is 2.10. The van der Waals surface area contributed by atoms with E-state index in [1.54, 1.807) is 17.9 Å². The normalized spacial score (nSPS) is 10.7. The maximum absolute atomic E-state index is 12.4. The van der Waals surface area contributed by atoms with E-state index in [0.717, 1.165) is 25.7 Å². The predicted octanol–water partition coefficient (Wildman–Crippen LogP) is 4.30. The molecule has 6 heteroatoms. The number of hydrogen-bond acceptors (Lipinski definition) is 4. The van der Waals surface area contributed by atoms with Crippen LogP contribution in [0.3, 0.4) is 0 Å². The summed E-state index contributed by atoms with van der Waals surface area (Å²) in [6.07, 6.45) is 9.30. The van der Waals surface area contributed by atoms with Crippen molar-refractivity contribution in [2.45, 2.75) is 78.6 Å². The van der Waals surface area contributed by atoms with E-state index in [1.807, 2.05) is 0 Å². The molecule has 0 bridgehead atoms. The average molecular weight is 351 g/mol. The molecule has 6 nitrogen and oxygen atoms in total. The summed E-state index contributed by atoms with van der Waals surface area (Å²) in [5.41, 5.74) is 0. The van der Waals surface area contributed by atoms with Gasteiger partial charge in [0.2, 0.25) is 11.8 Å². The zero-order chi connectivity index (χ0) is 18.5. The zero-order valence-electron chi connectivity index (χ0n) is 16.0. The molecule has 0 fully saturated rings. The summed E-state index contributed by atoms with van der Waals surface area (Å²) in [4.78, 5) is 26.3. The second-order valence-corrected chi connectivity index (χ2v) is 6.56. The van der Waals surface area contributed by atoms with Gasteiger partial charge in [0.05, 0.1) is 6.54 Å². The van der Waals surface area contributed by atoms with E-state index in [2.05, 4.69) is 24.3 Å². The minimum Gasteiger partial charge on any atom is -0.360 e. The molecule has 1 rings (SSSR count). The lowest BCUT2D eigenvalue weighted by atomic mass is 10.1. The van der Waals surface area contributed by atoms with Crippen molar-refractivity contribution in [1.29, 1.82) is 0 Å². The number of hydrogen-bond donors (Lipinski definition) is 1. The van der Waals surface area contributed by atoms with Gasteiger partial charge in [0, 0.05) is 19.0 Å². The highest BCUT2D eigenvalue weighted by Gasteiger charge is 2.17. The van der Waals surface area contributed by atoms with Crippen molar-refractivity contribution >= 4 is 17.6 Å². The van der Waals surface area contributed by atoms with Gasteiger partial charge in [0.25, 0.3) is 0 Å². The Kier molecular flexibility index (Phi) is 10.6. The predicted molar refractivity (Wildman–Crippen MR) is 99.4 cm³/mol. The third kappa shape index (κ3) is 9.27. The first kappa shape index (κ1) is 21.2. The standard InChI is InChI=1S/C19H33N3O3/c1-4-6-8-9-10-11-12-19(24)22(13-7-5-2)15-18(23)20-17-14-16(3)25-21-17/h14H,4-13,15H2,1-3H3,(H,20,21,23). The Labute approximate surface area is 151 Å². The van der Waals surface area contributed by atoms with Gasteiger partial charge in [0.1, 0.15) is 5.76 Å². The number of anilines is 1. The van der Waals surface area contributed by atoms with Gasteiger partial charge in [0.15, 0.2) is 5.82 Å². The third-order valence-corrected chi connectivity index (χ3v) is 4.11. The van der Waals surface area contributed by atoms with E-state index < -0.39 is 0 Å². The van der Waals surface area contributed by atoms with Gasteiger partial charge in [-0.05, 0) is 19.8 Å². The minimum atomic E-state index is -0.235. The molecule has 0 aliphatic rings. The molecule has 1 heterocycles. The van der Waals surface area contributed by atoms with Crippen LogP contribution >= 0.6 is 0 Å². The van der Waals surface area contributed by atoms with Gasteiger partial charge >= 0.3 is 0 Å². The summed E-state index contributed by atoms with van der Waals surface area (Å²) in [5.74, 6) is 0.856. The molecular formula is C19H33N3O3. The van der Waals surface area contributed by atoms with Crippen LogP contribution in [0, 0.1) is 6.92 Å². The summed E-state index contributed by atoms with van der Waals surface area (Å²) in [7, 11) is 0. The van der Waals surface area contributed by atoms with Crippen molar-refractivity contribution in [1.82, 2.24) is 10.1 Å². The van der Waals surface area contributed by atoms with Crippen LogP contribution in [0.1, 0.15) is 77.4 Å². The lowest BCUT2D eigenvalue weighted by Crippen LogP contribution is -2.38. The molecule has 0 saturated heterocycles. The second kappa shape index (κ2) is 12.5. The summed E-state index contributed by atoms with van der Waals surface area (Å²) < 4.78 is 4.93. The first-order valence-electron chi connectivity index (χ1n) is 9.57. The molecule has 0 aromatic carbocycles. The number of amides is 2. The fourth-order valence-corrected chi connectivity index (χ4v) is 2.64. The van der Waals surface area contributed by atoms with E-state index in [-0.39, 0.29) is 18.4 Å². The maximum atomic E-state index is 12.4. The highest BCUT2D eigenvalue weighted by molar-refractivity contribution is 5.93. The first-order valence-corrected chi connectivity index (χ1v) is 9.57. The van der Waals surface area contributed by atoms with Crippen LogP contribution in [0.15, 0.2) is 10.6 Å². The fraction of sp³-hybridized carbons (Fsp3) is 0.737. The third-order valence-electron chi connectivity index (χ3n) is 4.11. The van der Waals surface area contributed by atoms with Gasteiger partial charge in [-0.15, -0.1) is 0 Å². The Morgan fingerprint density at radius 2 is 1.76 bits per heavy atom. The van der Waals surface area contributed by atoms with E-state index in [0.29, 0.717) is 24.5 Å². The van der Waals surface area contributed by atoms with Gasteiger partial charge in [-0.3, -0.25) is 9.59 Å². The summed E-state index contributed by atoms with van der Waals surface area (Å²) in [6.45, 7) is 6.73. The van der Waals surface area contributed by atoms with Gasteiger partial charge in [-0.2, -0.15) is 0 Å². The largest absolute Gasteiger partial charge is 0.360 e. The molecule has 1 aromatic heterocycles. The highest BCUT2D eigenvalue weighted by atomic mass is 16.5. The zero-order valence-corrected chi connectivity index (χ0v) is 16.0. The number of aromatic nitrogens is 1. The van der Waals surface area contributed by atoms with Crippen LogP contribution in [0.25, 0.3) is 0 Å². The number of carbonyl (C=O) groups is 2. The van der Waals surface area contributed by atoms with Crippen LogP contribution in [-0.2, 0) is 9.59 Å². The van der Waals surface area contributed by atoms with Crippen molar-refractivity contribution in [2.24, 2.45) is 0 Å². The number of rotatable bonds is 13. The Morgan fingerprint density at radius 1 is 1.08 bits per heavy atom. The summed E-state index contributed by atoms with van der Waals surface area (Å²) in [6, 6.07) is 1.66. The van der Waals surface area contributed by atoms with Crippen LogP contribution in [0.5, 0.6) is 0 Å². The molecule has 0 radical (unpaired) electrons. The minimum absolute atomic E-state index is 0.0652. The summed E-state index contributed by atoms with van der Waals surface area (Å²) >= 11 is 0. The molecule has 0 saturated carbocycles. The number of nitrogens with one attached hydrogen (secondary N) is 1. The van der Waals surface area contributed by atoms with Crippen LogP contribution in [0.4, 0.5) is 5.82 Å². The van der Waals surface area contributed by atoms with E-state index in [4.69, 9.17) is 4.52 Å². The number of carbonyl (C=O) groups excluding carboxylic acids is 2. The van der Waals surface area contributed by atoms with Crippen molar-refractivity contribution < 1.29 is 14.1 Å². The van der Waals surface area contributed by atoms with Gasteiger partial charge in [-0.25, -0.2) is 0 Å². The molecular weight excluding hydrogens is 318 g/mol. The molecule has 1 N–H and O–H groups in total. The molecule has 0 spiro atoms. The monoisotopic (exact) mass is 351 g/mol. The first-order chi connectivity index (χ1) is 12.1. The topological polar surface area (TPSA) is 75.4 Å². The molecule has 25 heavy (non-hydrogen) atoms. The number of aryl methyl sites for hydroxylation is 1. The molecule has 0 atom stereocenters. The number of unbranched alkanes of at least 4 members (excludes halogenated alkanes) is 6. The van der Waals surface area contributed by atoms with Crippen molar-refractivity contribution in [3.8, 4) is 0 Å². The molecule has 1 aromatic rings. The van der Waals surface area contributed by atoms with Crippen molar-refractivity contribution in [3.05, 3.63) is 11.8 Å². The van der Waals surface area contributed by atoms with Crippen molar-refractivity contribution in [3.63, 3.8) is 0 Å². The Bertz CT molecular complexity index is 514. The van der Waals surface area contributed by atoms with E-state index >= 15 is 0 Å². The molecule has 142 valence electrons. The Hall–Kier alpha value is -1.85. The Morgan fingerprint density at radius 3 is 2.40 bits per heavy atom. The molecule has 0 aliphatic carbocycles. The van der Waals surface area contributed by atoms with Crippen LogP contribution in [0.2, 0.25) is 0 Å². The van der Waals surface area contributed by atoms with Crippen LogP contribution < -0.4 is 5.32 Å². The van der Waals surface area contributed by atoms with E-state index in [1.165, 1.54) is 25.7 Å². The quantitative estimate of drug-likeness (QED) is 0.538. The maximum Gasteiger partial charge on any atom is 0.245 e. The van der Waals surface area contributed by atoms with E-state index in [9.17, 15) is 9.59 Å². The van der Waals surface area contributed by atoms with Crippen LogP contribution in [-0.4, -0.2) is 35.0 Å². The Balaban J connectivity index is 2.40. The summed E-state index contributed by atoms with van der Waals surface area (Å²) in [5, 5.41) is 6.42. The number of nitrogens with zero attached hydrogens (tertiary/aromatic N) is 2. The smallest absolute Gasteiger partial charge is 0.245 e. The lowest BCUT2D eigenvalue weighted by Gasteiger charge is -2.22. The van der Waals surface area contributed by atoms with Gasteiger partial charge < -0.3 is 14.7 Å². The lowest BCUT2D eigenvalue weighted by molar-refractivity contribution is -0.134. The molecule has 0 aliphatic heterocycles. The molecule has 0 unspecified atom stereocenters. The molecule has 2 amide bonds. The fourth-order valence-electron chi connectivity index (χ4n) is 2.64.